The van der Waals surface area contributed by atoms with E-state index in [1.54, 1.807) is 53.4 Å². The molecule has 0 radical (unpaired) electrons. The molecule has 1 aliphatic heterocycles. The monoisotopic (exact) mass is 497 g/mol. The summed E-state index contributed by atoms with van der Waals surface area (Å²) in [5.74, 6) is -0.0268. The van der Waals surface area contributed by atoms with Gasteiger partial charge in [0.25, 0.3) is 0 Å². The number of benzene rings is 3. The van der Waals surface area contributed by atoms with Gasteiger partial charge < -0.3 is 9.64 Å². The van der Waals surface area contributed by atoms with Crippen molar-refractivity contribution >= 4 is 15.9 Å². The standard InChI is InChI=1S/C26H28FN3O4S/c1-34-23-11-13-24(14-12-23)35(32,33)28-25(21-5-3-2-4-6-21)26(31)30-17-15-29(16-18-30)19-20-7-9-22(27)10-8-20/h2-14,25,28H,15-19H2,1H3/t25-/m0/s1. The highest BCUT2D eigenvalue weighted by molar-refractivity contribution is 7.89. The number of ether oxygens (including phenoxy) is 1. The SMILES string of the molecule is COc1ccc(S(=O)(=O)N[C@H](C(=O)N2CCN(Cc3ccc(F)cc3)CC2)c2ccccc2)cc1. The molecule has 0 spiro atoms. The summed E-state index contributed by atoms with van der Waals surface area (Å²) in [6.07, 6.45) is 0. The molecule has 0 unspecified atom stereocenters. The molecule has 184 valence electrons. The van der Waals surface area contributed by atoms with Crippen LogP contribution in [0.4, 0.5) is 4.39 Å². The van der Waals surface area contributed by atoms with Gasteiger partial charge in [-0.15, -0.1) is 0 Å². The topological polar surface area (TPSA) is 78.9 Å². The average molecular weight is 498 g/mol. The Bertz CT molecular complexity index is 1230. The highest BCUT2D eigenvalue weighted by Gasteiger charge is 2.32. The van der Waals surface area contributed by atoms with E-state index < -0.39 is 16.1 Å². The second-order valence-corrected chi connectivity index (χ2v) is 10.1. The molecule has 1 fully saturated rings. The molecule has 1 amide bonds. The van der Waals surface area contributed by atoms with E-state index in [9.17, 15) is 17.6 Å². The lowest BCUT2D eigenvalue weighted by molar-refractivity contribution is -0.135. The van der Waals surface area contributed by atoms with E-state index in [-0.39, 0.29) is 16.6 Å². The molecule has 0 aliphatic carbocycles. The molecule has 3 aromatic carbocycles. The van der Waals surface area contributed by atoms with Gasteiger partial charge in [0.05, 0.1) is 12.0 Å². The molecule has 7 nitrogen and oxygen atoms in total. The Morgan fingerprint density at radius 1 is 0.943 bits per heavy atom. The number of sulfonamides is 1. The smallest absolute Gasteiger partial charge is 0.245 e. The van der Waals surface area contributed by atoms with Crippen molar-refractivity contribution in [2.24, 2.45) is 0 Å². The van der Waals surface area contributed by atoms with Crippen molar-refractivity contribution in [1.82, 2.24) is 14.5 Å². The minimum absolute atomic E-state index is 0.0520. The van der Waals surface area contributed by atoms with Crippen molar-refractivity contribution in [3.05, 3.63) is 95.8 Å². The predicted molar refractivity (Wildman–Crippen MR) is 131 cm³/mol. The molecule has 1 aliphatic rings. The van der Waals surface area contributed by atoms with E-state index in [2.05, 4.69) is 9.62 Å². The molecule has 3 aromatic rings. The van der Waals surface area contributed by atoms with Crippen molar-refractivity contribution in [2.75, 3.05) is 33.3 Å². The summed E-state index contributed by atoms with van der Waals surface area (Å²) in [5, 5.41) is 0. The summed E-state index contributed by atoms with van der Waals surface area (Å²) in [6.45, 7) is 2.86. The fraction of sp³-hybridized carbons (Fsp3) is 0.269. The number of amides is 1. The van der Waals surface area contributed by atoms with E-state index >= 15 is 0 Å². The number of halogens is 1. The Balaban J connectivity index is 1.47. The van der Waals surface area contributed by atoms with Crippen LogP contribution in [0.3, 0.4) is 0 Å². The van der Waals surface area contributed by atoms with E-state index in [0.29, 0.717) is 44.0 Å². The lowest BCUT2D eigenvalue weighted by Crippen LogP contribution is -2.51. The number of nitrogens with one attached hydrogen (secondary N) is 1. The van der Waals surface area contributed by atoms with Crippen LogP contribution in [0.1, 0.15) is 17.2 Å². The van der Waals surface area contributed by atoms with E-state index in [1.165, 1.54) is 31.4 Å². The van der Waals surface area contributed by atoms with Crippen molar-refractivity contribution < 1.29 is 22.3 Å². The van der Waals surface area contributed by atoms with Gasteiger partial charge in [-0.3, -0.25) is 9.69 Å². The molecule has 4 rings (SSSR count). The molecule has 9 heteroatoms. The predicted octanol–water partition coefficient (Wildman–Crippen LogP) is 3.20. The zero-order valence-electron chi connectivity index (χ0n) is 19.4. The Labute approximate surface area is 205 Å². The number of hydrogen-bond acceptors (Lipinski definition) is 5. The van der Waals surface area contributed by atoms with E-state index in [0.717, 1.165) is 5.56 Å². The Morgan fingerprint density at radius 3 is 2.17 bits per heavy atom. The van der Waals surface area contributed by atoms with Crippen LogP contribution in [-0.4, -0.2) is 57.4 Å². The molecule has 1 saturated heterocycles. The van der Waals surface area contributed by atoms with Crippen molar-refractivity contribution in [1.29, 1.82) is 0 Å². The van der Waals surface area contributed by atoms with Gasteiger partial charge >= 0.3 is 0 Å². The third kappa shape index (κ3) is 6.25. The molecule has 1 N–H and O–H groups in total. The molecule has 1 atom stereocenters. The van der Waals surface area contributed by atoms with Gasteiger partial charge in [-0.25, -0.2) is 12.8 Å². The molecule has 0 aromatic heterocycles. The highest BCUT2D eigenvalue weighted by atomic mass is 32.2. The zero-order chi connectivity index (χ0) is 24.8. The van der Waals surface area contributed by atoms with E-state index in [4.69, 9.17) is 4.74 Å². The number of piperazine rings is 1. The number of carbonyl (C=O) groups is 1. The number of rotatable bonds is 8. The normalized spacial score (nSPS) is 15.5. The van der Waals surface area contributed by atoms with Crippen LogP contribution in [0.5, 0.6) is 5.75 Å². The minimum Gasteiger partial charge on any atom is -0.497 e. The first-order chi connectivity index (χ1) is 16.9. The van der Waals surface area contributed by atoms with Gasteiger partial charge in [0.1, 0.15) is 17.6 Å². The van der Waals surface area contributed by atoms with Gasteiger partial charge in [-0.1, -0.05) is 42.5 Å². The van der Waals surface area contributed by atoms with Crippen molar-refractivity contribution in [3.63, 3.8) is 0 Å². The summed E-state index contributed by atoms with van der Waals surface area (Å²) < 4.78 is 47.1. The summed E-state index contributed by atoms with van der Waals surface area (Å²) in [4.78, 5) is 17.5. The lowest BCUT2D eigenvalue weighted by atomic mass is 10.1. The zero-order valence-corrected chi connectivity index (χ0v) is 20.2. The van der Waals surface area contributed by atoms with Gasteiger partial charge in [0.15, 0.2) is 0 Å². The number of methoxy groups -OCH3 is 1. The third-order valence-electron chi connectivity index (χ3n) is 6.03. The second-order valence-electron chi connectivity index (χ2n) is 8.37. The summed E-state index contributed by atoms with van der Waals surface area (Å²) in [7, 11) is -2.46. The van der Waals surface area contributed by atoms with Crippen molar-refractivity contribution in [2.45, 2.75) is 17.5 Å². The minimum atomic E-state index is -3.97. The van der Waals surface area contributed by atoms with Gasteiger partial charge in [0.2, 0.25) is 15.9 Å². The van der Waals surface area contributed by atoms with Crippen LogP contribution in [0, 0.1) is 5.82 Å². The van der Waals surface area contributed by atoms with Crippen LogP contribution in [0.25, 0.3) is 0 Å². The first kappa shape index (κ1) is 24.8. The summed E-state index contributed by atoms with van der Waals surface area (Å²) >= 11 is 0. The fourth-order valence-corrected chi connectivity index (χ4v) is 5.22. The fourth-order valence-electron chi connectivity index (χ4n) is 4.04. The van der Waals surface area contributed by atoms with Crippen LogP contribution >= 0.6 is 0 Å². The molecule has 35 heavy (non-hydrogen) atoms. The van der Waals surface area contributed by atoms with Crippen LogP contribution < -0.4 is 9.46 Å². The van der Waals surface area contributed by atoms with Gasteiger partial charge in [0, 0.05) is 32.7 Å². The Morgan fingerprint density at radius 2 is 1.57 bits per heavy atom. The van der Waals surface area contributed by atoms with Gasteiger partial charge in [-0.2, -0.15) is 4.72 Å². The first-order valence-corrected chi connectivity index (χ1v) is 12.8. The summed E-state index contributed by atoms with van der Waals surface area (Å²) in [6, 6.07) is 20.2. The number of hydrogen-bond donors (Lipinski definition) is 1. The molecule has 0 saturated carbocycles. The maximum absolute atomic E-state index is 13.5. The van der Waals surface area contributed by atoms with E-state index in [1.807, 2.05) is 6.07 Å². The van der Waals surface area contributed by atoms with Crippen molar-refractivity contribution in [3.8, 4) is 5.75 Å². The molecule has 0 bridgehead atoms. The summed E-state index contributed by atoms with van der Waals surface area (Å²) in [5.41, 5.74) is 1.57. The highest BCUT2D eigenvalue weighted by Crippen LogP contribution is 2.22. The number of carbonyl (C=O) groups excluding carboxylic acids is 1. The molecular formula is C26H28FN3O4S. The quantitative estimate of drug-likeness (QED) is 0.517. The average Bonchev–Trinajstić information content (AvgIpc) is 2.89. The Kier molecular flexibility index (Phi) is 7.80. The second kappa shape index (κ2) is 11.0. The molecule has 1 heterocycles. The third-order valence-corrected chi connectivity index (χ3v) is 7.46. The van der Waals surface area contributed by atoms with Crippen LogP contribution in [0.2, 0.25) is 0 Å². The molecular weight excluding hydrogens is 469 g/mol. The Hall–Kier alpha value is -3.27. The lowest BCUT2D eigenvalue weighted by Gasteiger charge is -2.36. The first-order valence-electron chi connectivity index (χ1n) is 11.3. The number of nitrogens with zero attached hydrogens (tertiary/aromatic N) is 2. The maximum Gasteiger partial charge on any atom is 0.245 e. The maximum atomic E-state index is 13.5. The largest absolute Gasteiger partial charge is 0.497 e. The van der Waals surface area contributed by atoms with Gasteiger partial charge in [-0.05, 0) is 47.5 Å². The van der Waals surface area contributed by atoms with Crippen LogP contribution in [-0.2, 0) is 21.4 Å². The van der Waals surface area contributed by atoms with Crippen LogP contribution in [0.15, 0.2) is 83.8 Å².